The van der Waals surface area contributed by atoms with Crippen LogP contribution in [0.1, 0.15) is 31.3 Å². The van der Waals surface area contributed by atoms with E-state index in [1.165, 1.54) is 0 Å². The molecule has 0 saturated carbocycles. The smallest absolute Gasteiger partial charge is 0.205 e. The second-order valence-corrected chi connectivity index (χ2v) is 7.56. The Morgan fingerprint density at radius 2 is 1.90 bits per heavy atom. The summed E-state index contributed by atoms with van der Waals surface area (Å²) in [7, 11) is 0. The van der Waals surface area contributed by atoms with Gasteiger partial charge in [-0.05, 0) is 37.6 Å². The SMILES string of the molecule is CC(C)n1c(NCc2cccnc2)nc2c(NCc3nc4ccccc4[nH]3)ncnc21. The summed E-state index contributed by atoms with van der Waals surface area (Å²) < 4.78 is 2.08. The monoisotopic (exact) mass is 413 g/mol. The van der Waals surface area contributed by atoms with Gasteiger partial charge >= 0.3 is 0 Å². The predicted molar refractivity (Wildman–Crippen MR) is 121 cm³/mol. The van der Waals surface area contributed by atoms with E-state index < -0.39 is 0 Å². The summed E-state index contributed by atoms with van der Waals surface area (Å²) in [6.45, 7) is 5.35. The number of H-pyrrole nitrogens is 1. The number of aromatic nitrogens is 7. The Labute approximate surface area is 179 Å². The van der Waals surface area contributed by atoms with E-state index in [2.05, 4.69) is 54.0 Å². The largest absolute Gasteiger partial charge is 0.361 e. The van der Waals surface area contributed by atoms with Gasteiger partial charge in [0.05, 0.1) is 17.6 Å². The maximum absolute atomic E-state index is 4.82. The number of aromatic amines is 1. The van der Waals surface area contributed by atoms with Gasteiger partial charge in [0.25, 0.3) is 0 Å². The molecular formula is C22H23N9. The van der Waals surface area contributed by atoms with Crippen LogP contribution in [0.15, 0.2) is 55.1 Å². The van der Waals surface area contributed by atoms with Gasteiger partial charge in [-0.25, -0.2) is 19.9 Å². The number of fused-ring (bicyclic) bond motifs is 2. The number of rotatable bonds is 7. The van der Waals surface area contributed by atoms with Crippen molar-refractivity contribution >= 4 is 34.0 Å². The summed E-state index contributed by atoms with van der Waals surface area (Å²) in [5, 5.41) is 6.78. The van der Waals surface area contributed by atoms with Crippen LogP contribution in [0.5, 0.6) is 0 Å². The number of anilines is 2. The molecule has 0 spiro atoms. The third-order valence-corrected chi connectivity index (χ3v) is 5.03. The molecule has 9 nitrogen and oxygen atoms in total. The normalized spacial score (nSPS) is 11.5. The maximum atomic E-state index is 4.82. The fraction of sp³-hybridized carbons (Fsp3) is 0.227. The van der Waals surface area contributed by atoms with Crippen molar-refractivity contribution < 1.29 is 0 Å². The van der Waals surface area contributed by atoms with Gasteiger partial charge in [0.1, 0.15) is 12.2 Å². The van der Waals surface area contributed by atoms with Crippen LogP contribution in [0.3, 0.4) is 0 Å². The molecule has 4 aromatic heterocycles. The number of hydrogen-bond donors (Lipinski definition) is 3. The molecule has 5 rings (SSSR count). The van der Waals surface area contributed by atoms with Gasteiger partial charge in [-0.3, -0.25) is 9.55 Å². The molecule has 156 valence electrons. The summed E-state index contributed by atoms with van der Waals surface area (Å²) >= 11 is 0. The first kappa shape index (κ1) is 19.0. The number of imidazole rings is 2. The van der Waals surface area contributed by atoms with E-state index in [9.17, 15) is 0 Å². The van der Waals surface area contributed by atoms with Crippen LogP contribution in [-0.2, 0) is 13.1 Å². The molecule has 9 heteroatoms. The van der Waals surface area contributed by atoms with Crippen molar-refractivity contribution in [1.29, 1.82) is 0 Å². The zero-order chi connectivity index (χ0) is 21.2. The van der Waals surface area contributed by atoms with Gasteiger partial charge in [0.15, 0.2) is 17.0 Å². The van der Waals surface area contributed by atoms with Crippen LogP contribution in [0.25, 0.3) is 22.2 Å². The molecule has 31 heavy (non-hydrogen) atoms. The number of nitrogens with one attached hydrogen (secondary N) is 3. The third-order valence-electron chi connectivity index (χ3n) is 5.03. The molecule has 4 heterocycles. The van der Waals surface area contributed by atoms with E-state index in [4.69, 9.17) is 4.98 Å². The molecule has 0 radical (unpaired) electrons. The molecule has 3 N–H and O–H groups in total. The fourth-order valence-corrected chi connectivity index (χ4v) is 3.59. The Hall–Kier alpha value is -4.01. The molecule has 0 aliphatic rings. The highest BCUT2D eigenvalue weighted by Gasteiger charge is 2.18. The summed E-state index contributed by atoms with van der Waals surface area (Å²) in [6.07, 6.45) is 5.17. The summed E-state index contributed by atoms with van der Waals surface area (Å²) in [4.78, 5) is 25.9. The van der Waals surface area contributed by atoms with E-state index in [0.717, 1.165) is 39.5 Å². The average Bonchev–Trinajstić information content (AvgIpc) is 3.38. The minimum absolute atomic E-state index is 0.180. The van der Waals surface area contributed by atoms with E-state index in [1.54, 1.807) is 12.5 Å². The molecule has 0 aliphatic carbocycles. The number of hydrogen-bond acceptors (Lipinski definition) is 7. The minimum atomic E-state index is 0.180. The number of benzene rings is 1. The van der Waals surface area contributed by atoms with E-state index in [-0.39, 0.29) is 6.04 Å². The second kappa shape index (κ2) is 8.02. The summed E-state index contributed by atoms with van der Waals surface area (Å²) in [5.74, 6) is 2.27. The number of para-hydroxylation sites is 2. The lowest BCUT2D eigenvalue weighted by Crippen LogP contribution is -2.10. The second-order valence-electron chi connectivity index (χ2n) is 7.56. The molecule has 0 bridgehead atoms. The number of nitrogens with zero attached hydrogens (tertiary/aromatic N) is 6. The Bertz CT molecular complexity index is 1290. The average molecular weight is 413 g/mol. The van der Waals surface area contributed by atoms with Crippen molar-refractivity contribution in [2.45, 2.75) is 33.0 Å². The summed E-state index contributed by atoms with van der Waals surface area (Å²) in [5.41, 5.74) is 4.54. The molecular weight excluding hydrogens is 390 g/mol. The lowest BCUT2D eigenvalue weighted by molar-refractivity contribution is 0.617. The molecule has 0 amide bonds. The predicted octanol–water partition coefficient (Wildman–Crippen LogP) is 3.90. The molecule has 1 aromatic carbocycles. The van der Waals surface area contributed by atoms with Gasteiger partial charge in [0.2, 0.25) is 5.95 Å². The molecule has 0 fully saturated rings. The topological polar surface area (TPSA) is 109 Å². The lowest BCUT2D eigenvalue weighted by atomic mass is 10.3. The van der Waals surface area contributed by atoms with Crippen LogP contribution in [0.2, 0.25) is 0 Å². The van der Waals surface area contributed by atoms with Crippen LogP contribution in [0.4, 0.5) is 11.8 Å². The summed E-state index contributed by atoms with van der Waals surface area (Å²) in [6, 6.07) is 12.1. The van der Waals surface area contributed by atoms with Gasteiger partial charge in [-0.2, -0.15) is 0 Å². The van der Waals surface area contributed by atoms with Gasteiger partial charge in [-0.15, -0.1) is 0 Å². The van der Waals surface area contributed by atoms with Crippen LogP contribution in [-0.4, -0.2) is 34.5 Å². The molecule has 5 aromatic rings. The first-order chi connectivity index (χ1) is 15.2. The van der Waals surface area contributed by atoms with Gasteiger partial charge in [0, 0.05) is 25.0 Å². The van der Waals surface area contributed by atoms with Crippen molar-refractivity contribution in [2.75, 3.05) is 10.6 Å². The van der Waals surface area contributed by atoms with Crippen LogP contribution in [0, 0.1) is 0 Å². The zero-order valence-corrected chi connectivity index (χ0v) is 17.4. The minimum Gasteiger partial charge on any atom is -0.361 e. The van der Waals surface area contributed by atoms with Crippen molar-refractivity contribution in [3.8, 4) is 0 Å². The standard InChI is InChI=1S/C22H23N9/c1-14(2)31-21-19(30-22(31)25-11-15-6-5-9-23-10-15)20(26-13-27-21)24-12-18-28-16-7-3-4-8-17(16)29-18/h3-10,13-14H,11-12H2,1-2H3,(H,25,30)(H,28,29)(H,24,26,27). The Morgan fingerprint density at radius 3 is 2.71 bits per heavy atom. The maximum Gasteiger partial charge on any atom is 0.205 e. The molecule has 0 aliphatic heterocycles. The molecule has 0 atom stereocenters. The van der Waals surface area contributed by atoms with Crippen molar-refractivity contribution in [1.82, 2.24) is 34.5 Å². The quantitative estimate of drug-likeness (QED) is 0.371. The highest BCUT2D eigenvalue weighted by molar-refractivity contribution is 5.85. The third kappa shape index (κ3) is 3.77. The van der Waals surface area contributed by atoms with E-state index in [1.807, 2.05) is 42.6 Å². The fourth-order valence-electron chi connectivity index (χ4n) is 3.59. The van der Waals surface area contributed by atoms with Gasteiger partial charge in [-0.1, -0.05) is 18.2 Å². The van der Waals surface area contributed by atoms with Gasteiger partial charge < -0.3 is 15.6 Å². The van der Waals surface area contributed by atoms with Crippen molar-refractivity contribution in [3.63, 3.8) is 0 Å². The Kier molecular flexibility index (Phi) is 4.91. The van der Waals surface area contributed by atoms with Crippen LogP contribution < -0.4 is 10.6 Å². The lowest BCUT2D eigenvalue weighted by Gasteiger charge is -2.13. The number of pyridine rings is 1. The first-order valence-corrected chi connectivity index (χ1v) is 10.2. The highest BCUT2D eigenvalue weighted by Crippen LogP contribution is 2.27. The van der Waals surface area contributed by atoms with E-state index in [0.29, 0.717) is 18.9 Å². The Balaban J connectivity index is 1.43. The first-order valence-electron chi connectivity index (χ1n) is 10.2. The molecule has 0 saturated heterocycles. The van der Waals surface area contributed by atoms with Crippen molar-refractivity contribution in [3.05, 3.63) is 66.5 Å². The zero-order valence-electron chi connectivity index (χ0n) is 17.4. The van der Waals surface area contributed by atoms with Crippen molar-refractivity contribution in [2.24, 2.45) is 0 Å². The molecule has 0 unspecified atom stereocenters. The van der Waals surface area contributed by atoms with E-state index >= 15 is 0 Å². The highest BCUT2D eigenvalue weighted by atomic mass is 15.3. The van der Waals surface area contributed by atoms with Crippen LogP contribution >= 0.6 is 0 Å². The Morgan fingerprint density at radius 1 is 1.00 bits per heavy atom.